The molecule has 0 atom stereocenters. The van der Waals surface area contributed by atoms with E-state index in [1.165, 1.54) is 17.7 Å². The van der Waals surface area contributed by atoms with Crippen LogP contribution in [0.5, 0.6) is 0 Å². The molecule has 116 valence electrons. The molecular formula is C15H22FIN4. The first-order valence-electron chi connectivity index (χ1n) is 6.83. The predicted molar refractivity (Wildman–Crippen MR) is 97.0 cm³/mol. The van der Waals surface area contributed by atoms with E-state index in [-0.39, 0.29) is 29.8 Å². The number of nitrogens with zero attached hydrogens (tertiary/aromatic N) is 1. The summed E-state index contributed by atoms with van der Waals surface area (Å²) in [5.74, 6) is 0.580. The third-order valence-electron chi connectivity index (χ3n) is 3.07. The number of nitrogens with one attached hydrogen (secondary N) is 3. The monoisotopic (exact) mass is 404 g/mol. The summed E-state index contributed by atoms with van der Waals surface area (Å²) in [6, 6.07) is 5.17. The van der Waals surface area contributed by atoms with Crippen molar-refractivity contribution in [3.05, 3.63) is 35.8 Å². The van der Waals surface area contributed by atoms with Crippen molar-refractivity contribution in [2.75, 3.05) is 13.6 Å². The SMILES string of the molecule is CN=C(NCCc1c[nH]c2cc(F)ccc12)NC(C)C.I. The molecule has 0 unspecified atom stereocenters. The van der Waals surface area contributed by atoms with Crippen LogP contribution in [-0.2, 0) is 6.42 Å². The van der Waals surface area contributed by atoms with E-state index >= 15 is 0 Å². The molecule has 0 fully saturated rings. The molecule has 3 N–H and O–H groups in total. The first-order chi connectivity index (χ1) is 9.60. The summed E-state index contributed by atoms with van der Waals surface area (Å²) in [5, 5.41) is 7.57. The molecule has 6 heteroatoms. The molecule has 1 aromatic heterocycles. The van der Waals surface area contributed by atoms with Crippen LogP contribution in [0.2, 0.25) is 0 Å². The van der Waals surface area contributed by atoms with Crippen molar-refractivity contribution in [3.8, 4) is 0 Å². The second kappa shape index (κ2) is 8.21. The Kier molecular flexibility index (Phi) is 6.94. The van der Waals surface area contributed by atoms with Crippen LogP contribution in [0.15, 0.2) is 29.4 Å². The van der Waals surface area contributed by atoms with Gasteiger partial charge in [-0.15, -0.1) is 24.0 Å². The van der Waals surface area contributed by atoms with Gasteiger partial charge in [-0.1, -0.05) is 0 Å². The van der Waals surface area contributed by atoms with Crippen molar-refractivity contribution in [3.63, 3.8) is 0 Å². The fourth-order valence-corrected chi connectivity index (χ4v) is 2.15. The average Bonchev–Trinajstić information content (AvgIpc) is 2.79. The number of aromatic amines is 1. The summed E-state index contributed by atoms with van der Waals surface area (Å²) >= 11 is 0. The molecule has 1 heterocycles. The smallest absolute Gasteiger partial charge is 0.191 e. The maximum absolute atomic E-state index is 13.1. The summed E-state index contributed by atoms with van der Waals surface area (Å²) in [5.41, 5.74) is 2.01. The van der Waals surface area contributed by atoms with E-state index in [1.54, 1.807) is 7.05 Å². The lowest BCUT2D eigenvalue weighted by molar-refractivity contribution is 0.629. The third-order valence-corrected chi connectivity index (χ3v) is 3.07. The van der Waals surface area contributed by atoms with Gasteiger partial charge in [0.15, 0.2) is 5.96 Å². The summed E-state index contributed by atoms with van der Waals surface area (Å²) in [4.78, 5) is 7.26. The van der Waals surface area contributed by atoms with E-state index < -0.39 is 0 Å². The molecule has 2 aromatic rings. The number of benzene rings is 1. The Morgan fingerprint density at radius 1 is 1.38 bits per heavy atom. The number of H-pyrrole nitrogens is 1. The predicted octanol–water partition coefficient (Wildman–Crippen LogP) is 3.04. The van der Waals surface area contributed by atoms with Gasteiger partial charge in [-0.2, -0.15) is 0 Å². The molecule has 1 aromatic carbocycles. The van der Waals surface area contributed by atoms with Gasteiger partial charge in [-0.3, -0.25) is 4.99 Å². The second-order valence-corrected chi connectivity index (χ2v) is 5.05. The first kappa shape index (κ1) is 17.7. The maximum atomic E-state index is 13.1. The standard InChI is InChI=1S/C15H21FN4.HI/c1-10(2)20-15(17-3)18-7-6-11-9-19-14-8-12(16)4-5-13(11)14;/h4-5,8-10,19H,6-7H2,1-3H3,(H2,17,18,20);1H. The Morgan fingerprint density at radius 2 is 2.14 bits per heavy atom. The zero-order valence-electron chi connectivity index (χ0n) is 12.5. The molecule has 0 bridgehead atoms. The van der Waals surface area contributed by atoms with Crippen molar-refractivity contribution in [2.45, 2.75) is 26.3 Å². The number of guanidine groups is 1. The fourth-order valence-electron chi connectivity index (χ4n) is 2.15. The molecule has 0 aliphatic heterocycles. The van der Waals surface area contributed by atoms with Gasteiger partial charge in [0, 0.05) is 36.7 Å². The van der Waals surface area contributed by atoms with E-state index in [0.717, 1.165) is 29.8 Å². The highest BCUT2D eigenvalue weighted by molar-refractivity contribution is 14.0. The zero-order valence-corrected chi connectivity index (χ0v) is 14.9. The Bertz CT molecular complexity index is 607. The summed E-state index contributed by atoms with van der Waals surface area (Å²) in [6.45, 7) is 4.92. The van der Waals surface area contributed by atoms with Gasteiger partial charge in [0.25, 0.3) is 0 Å². The number of hydrogen-bond donors (Lipinski definition) is 3. The van der Waals surface area contributed by atoms with Gasteiger partial charge in [0.2, 0.25) is 0 Å². The summed E-state index contributed by atoms with van der Waals surface area (Å²) in [6.07, 6.45) is 2.79. The molecule has 0 spiro atoms. The van der Waals surface area contributed by atoms with Crippen LogP contribution in [0.1, 0.15) is 19.4 Å². The molecule has 21 heavy (non-hydrogen) atoms. The highest BCUT2D eigenvalue weighted by Crippen LogP contribution is 2.19. The van der Waals surface area contributed by atoms with Gasteiger partial charge in [0.1, 0.15) is 5.82 Å². The zero-order chi connectivity index (χ0) is 14.5. The summed E-state index contributed by atoms with van der Waals surface area (Å²) < 4.78 is 13.1. The van der Waals surface area contributed by atoms with Crippen LogP contribution in [0, 0.1) is 5.82 Å². The Hall–Kier alpha value is -1.31. The molecule has 0 aliphatic rings. The lowest BCUT2D eigenvalue weighted by Crippen LogP contribution is -2.41. The highest BCUT2D eigenvalue weighted by atomic mass is 127. The van der Waals surface area contributed by atoms with Crippen LogP contribution in [0.3, 0.4) is 0 Å². The Morgan fingerprint density at radius 3 is 2.81 bits per heavy atom. The molecule has 0 aliphatic carbocycles. The van der Waals surface area contributed by atoms with E-state index in [0.29, 0.717) is 6.04 Å². The van der Waals surface area contributed by atoms with Crippen molar-refractivity contribution in [1.29, 1.82) is 0 Å². The number of aliphatic imine (C=N–C) groups is 1. The van der Waals surface area contributed by atoms with E-state index in [9.17, 15) is 4.39 Å². The minimum atomic E-state index is -0.217. The Balaban J connectivity index is 0.00000220. The Labute approximate surface area is 141 Å². The first-order valence-corrected chi connectivity index (χ1v) is 6.83. The average molecular weight is 404 g/mol. The minimum absolute atomic E-state index is 0. The van der Waals surface area contributed by atoms with Gasteiger partial charge >= 0.3 is 0 Å². The van der Waals surface area contributed by atoms with Crippen LogP contribution in [-0.4, -0.2) is 30.6 Å². The van der Waals surface area contributed by atoms with Crippen LogP contribution in [0.25, 0.3) is 10.9 Å². The molecule has 0 saturated carbocycles. The van der Waals surface area contributed by atoms with Crippen molar-refractivity contribution in [2.24, 2.45) is 4.99 Å². The number of rotatable bonds is 4. The normalized spacial score (nSPS) is 11.6. The number of halogens is 2. The number of fused-ring (bicyclic) bond motifs is 1. The lowest BCUT2D eigenvalue weighted by atomic mass is 10.1. The fraction of sp³-hybridized carbons (Fsp3) is 0.400. The molecular weight excluding hydrogens is 382 g/mol. The second-order valence-electron chi connectivity index (χ2n) is 5.05. The van der Waals surface area contributed by atoms with Crippen LogP contribution >= 0.6 is 24.0 Å². The molecule has 4 nitrogen and oxygen atoms in total. The molecule has 2 rings (SSSR count). The minimum Gasteiger partial charge on any atom is -0.361 e. The largest absolute Gasteiger partial charge is 0.361 e. The molecule has 0 radical (unpaired) electrons. The highest BCUT2D eigenvalue weighted by Gasteiger charge is 2.05. The van der Waals surface area contributed by atoms with Gasteiger partial charge in [0.05, 0.1) is 0 Å². The van der Waals surface area contributed by atoms with Crippen LogP contribution in [0.4, 0.5) is 4.39 Å². The quantitative estimate of drug-likeness (QED) is 0.417. The van der Waals surface area contributed by atoms with Crippen LogP contribution < -0.4 is 10.6 Å². The number of aromatic nitrogens is 1. The summed E-state index contributed by atoms with van der Waals surface area (Å²) in [7, 11) is 1.76. The van der Waals surface area contributed by atoms with E-state index in [2.05, 4.69) is 34.5 Å². The van der Waals surface area contributed by atoms with E-state index in [4.69, 9.17) is 0 Å². The van der Waals surface area contributed by atoms with E-state index in [1.807, 2.05) is 12.3 Å². The maximum Gasteiger partial charge on any atom is 0.191 e. The molecule has 0 amide bonds. The lowest BCUT2D eigenvalue weighted by Gasteiger charge is -2.14. The van der Waals surface area contributed by atoms with Crippen molar-refractivity contribution < 1.29 is 4.39 Å². The topological polar surface area (TPSA) is 52.2 Å². The van der Waals surface area contributed by atoms with Crippen molar-refractivity contribution >= 4 is 40.8 Å². The molecule has 0 saturated heterocycles. The van der Waals surface area contributed by atoms with Gasteiger partial charge in [-0.25, -0.2) is 4.39 Å². The number of hydrogen-bond acceptors (Lipinski definition) is 1. The van der Waals surface area contributed by atoms with Gasteiger partial charge < -0.3 is 15.6 Å². The van der Waals surface area contributed by atoms with Crippen molar-refractivity contribution in [1.82, 2.24) is 15.6 Å². The third kappa shape index (κ3) is 4.87. The van der Waals surface area contributed by atoms with Gasteiger partial charge in [-0.05, 0) is 44.0 Å².